The van der Waals surface area contributed by atoms with E-state index in [1.165, 1.54) is 4.90 Å². The number of carbonyl (C=O) groups excluding carboxylic acids is 2. The van der Waals surface area contributed by atoms with E-state index in [2.05, 4.69) is 9.88 Å². The maximum absolute atomic E-state index is 13.8. The maximum atomic E-state index is 13.8. The van der Waals surface area contributed by atoms with Gasteiger partial charge in [0.1, 0.15) is 11.4 Å². The molecule has 1 spiro atoms. The summed E-state index contributed by atoms with van der Waals surface area (Å²) in [4.78, 5) is 48.4. The number of carbonyl (C=O) groups is 3. The molecule has 0 atom stereocenters. The minimum atomic E-state index is -0.930. The van der Waals surface area contributed by atoms with Gasteiger partial charge in [-0.05, 0) is 67.9 Å². The van der Waals surface area contributed by atoms with Crippen LogP contribution in [0.2, 0.25) is 10.0 Å². The second-order valence-electron chi connectivity index (χ2n) is 10.2. The fraction of sp³-hybridized carbons (Fsp3) is 0.481. The van der Waals surface area contributed by atoms with E-state index in [1.807, 2.05) is 12.1 Å². The van der Waals surface area contributed by atoms with Gasteiger partial charge in [-0.15, -0.1) is 0 Å². The highest BCUT2D eigenvalue weighted by atomic mass is 35.5. The fourth-order valence-corrected chi connectivity index (χ4v) is 6.13. The van der Waals surface area contributed by atoms with Crippen molar-refractivity contribution >= 4 is 46.9 Å². The largest absolute Gasteiger partial charge is 0.481 e. The lowest BCUT2D eigenvalue weighted by Gasteiger charge is -2.42. The number of imide groups is 1. The number of amides is 3. The average molecular weight is 545 g/mol. The van der Waals surface area contributed by atoms with Crippen molar-refractivity contribution in [1.82, 2.24) is 14.8 Å². The highest BCUT2D eigenvalue weighted by molar-refractivity contribution is 6.35. The molecule has 1 aromatic heterocycles. The number of aliphatic carboxylic acids is 1. The van der Waals surface area contributed by atoms with E-state index in [0.29, 0.717) is 72.9 Å². The van der Waals surface area contributed by atoms with Gasteiger partial charge in [-0.3, -0.25) is 14.5 Å². The number of piperidine rings is 1. The number of hydrogen-bond donors (Lipinski definition) is 1. The highest BCUT2D eigenvalue weighted by Crippen LogP contribution is 2.40. The molecular weight excluding hydrogens is 515 g/mol. The van der Waals surface area contributed by atoms with Gasteiger partial charge in [-0.1, -0.05) is 41.8 Å². The Labute approximate surface area is 226 Å². The Morgan fingerprint density at radius 1 is 1.11 bits per heavy atom. The summed E-state index contributed by atoms with van der Waals surface area (Å²) in [6.07, 6.45) is 4.60. The molecule has 3 amide bonds. The number of urea groups is 1. The van der Waals surface area contributed by atoms with Crippen molar-refractivity contribution in [3.05, 3.63) is 57.7 Å². The third-order valence-electron chi connectivity index (χ3n) is 7.95. The molecule has 196 valence electrons. The number of halogens is 2. The molecule has 1 aliphatic carbocycles. The number of pyridine rings is 1. The van der Waals surface area contributed by atoms with Crippen molar-refractivity contribution in [3.8, 4) is 0 Å². The number of carboxylic acids is 1. The first-order chi connectivity index (χ1) is 17.8. The quantitative estimate of drug-likeness (QED) is 0.485. The molecule has 3 aliphatic rings. The van der Waals surface area contributed by atoms with Crippen LogP contribution in [0.5, 0.6) is 0 Å². The van der Waals surface area contributed by atoms with E-state index in [4.69, 9.17) is 28.3 Å². The molecule has 5 rings (SSSR count). The van der Waals surface area contributed by atoms with Crippen LogP contribution in [0.1, 0.15) is 43.4 Å². The maximum Gasteiger partial charge on any atom is 0.327 e. The first-order valence-electron chi connectivity index (χ1n) is 12.8. The molecule has 2 aliphatic heterocycles. The third kappa shape index (κ3) is 5.14. The minimum absolute atomic E-state index is 0.0983. The van der Waals surface area contributed by atoms with Gasteiger partial charge in [-0.2, -0.15) is 0 Å². The highest BCUT2D eigenvalue weighted by Gasteiger charge is 2.58. The molecule has 1 N–H and O–H groups in total. The summed E-state index contributed by atoms with van der Waals surface area (Å²) in [5.74, 6) is 0.0483. The lowest BCUT2D eigenvalue weighted by atomic mass is 9.83. The zero-order valence-electron chi connectivity index (χ0n) is 20.5. The number of hydrogen-bond acceptors (Lipinski definition) is 5. The Kier molecular flexibility index (Phi) is 7.32. The number of rotatable bonds is 8. The Bertz CT molecular complexity index is 1210. The molecule has 10 heteroatoms. The molecule has 0 bridgehead atoms. The van der Waals surface area contributed by atoms with Gasteiger partial charge >= 0.3 is 12.0 Å². The smallest absolute Gasteiger partial charge is 0.327 e. The first kappa shape index (κ1) is 25.8. The summed E-state index contributed by atoms with van der Waals surface area (Å²) >= 11 is 12.4. The zero-order valence-corrected chi connectivity index (χ0v) is 22.0. The summed E-state index contributed by atoms with van der Waals surface area (Å²) in [6, 6.07) is 10.5. The van der Waals surface area contributed by atoms with E-state index in [0.717, 1.165) is 24.8 Å². The molecule has 2 aromatic rings. The third-order valence-corrected chi connectivity index (χ3v) is 8.53. The van der Waals surface area contributed by atoms with Crippen LogP contribution in [0, 0.1) is 5.92 Å². The average Bonchev–Trinajstić information content (AvgIpc) is 3.02. The topological polar surface area (TPSA) is 94.0 Å². The molecule has 1 saturated carbocycles. The van der Waals surface area contributed by atoms with E-state index in [1.54, 1.807) is 29.2 Å². The number of carboxylic acid groups (broad SMARTS) is 1. The number of benzene rings is 1. The molecule has 8 nitrogen and oxygen atoms in total. The van der Waals surface area contributed by atoms with E-state index in [-0.39, 0.29) is 18.4 Å². The summed E-state index contributed by atoms with van der Waals surface area (Å²) in [5, 5.41) is 10.2. The van der Waals surface area contributed by atoms with Crippen LogP contribution in [0.25, 0.3) is 0 Å². The van der Waals surface area contributed by atoms with Crippen molar-refractivity contribution in [2.45, 2.75) is 50.5 Å². The fourth-order valence-electron chi connectivity index (χ4n) is 5.63. The Morgan fingerprint density at radius 2 is 1.86 bits per heavy atom. The number of aromatic nitrogens is 1. The second kappa shape index (κ2) is 10.5. The lowest BCUT2D eigenvalue weighted by molar-refractivity contribution is -0.136. The van der Waals surface area contributed by atoms with Crippen LogP contribution in [0.15, 0.2) is 36.4 Å². The lowest BCUT2D eigenvalue weighted by Crippen LogP contribution is -2.57. The van der Waals surface area contributed by atoms with Crippen LogP contribution in [0.3, 0.4) is 0 Å². The molecule has 1 aromatic carbocycles. The SMILES string of the molecule is O=C(O)Cc1cccc(N2CCC3(CC2)C(=O)N(CC2CCC2)C(=O)N3CCc2ccc(Cl)cc2Cl)n1. The van der Waals surface area contributed by atoms with Crippen LogP contribution < -0.4 is 4.90 Å². The van der Waals surface area contributed by atoms with Gasteiger partial charge in [-0.25, -0.2) is 9.78 Å². The van der Waals surface area contributed by atoms with Gasteiger partial charge in [0.05, 0.1) is 12.1 Å². The summed E-state index contributed by atoms with van der Waals surface area (Å²) in [7, 11) is 0. The normalized spacial score (nSPS) is 19.6. The summed E-state index contributed by atoms with van der Waals surface area (Å²) in [5.41, 5.74) is 0.482. The number of anilines is 1. The standard InChI is InChI=1S/C27H30Cl2N4O4/c28-20-8-7-19(22(29)15-20)9-12-33-26(37)32(17-18-3-1-4-18)25(36)27(33)10-13-31(14-11-27)23-6-2-5-21(30-23)16-24(34)35/h2,5-8,15,18H,1,3-4,9-14,16-17H2,(H,34,35). The molecule has 2 saturated heterocycles. The predicted molar refractivity (Wildman–Crippen MR) is 141 cm³/mol. The predicted octanol–water partition coefficient (Wildman–Crippen LogP) is 4.66. The van der Waals surface area contributed by atoms with Gasteiger partial charge in [0.2, 0.25) is 0 Å². The molecule has 0 radical (unpaired) electrons. The summed E-state index contributed by atoms with van der Waals surface area (Å²) in [6.45, 7) is 1.95. The zero-order chi connectivity index (χ0) is 26.2. The van der Waals surface area contributed by atoms with Crippen molar-refractivity contribution in [1.29, 1.82) is 0 Å². The molecule has 3 fully saturated rings. The first-order valence-corrected chi connectivity index (χ1v) is 13.5. The molecule has 3 heterocycles. The Balaban J connectivity index is 1.36. The summed E-state index contributed by atoms with van der Waals surface area (Å²) < 4.78 is 0. The molecule has 37 heavy (non-hydrogen) atoms. The van der Waals surface area contributed by atoms with E-state index >= 15 is 0 Å². The number of nitrogens with zero attached hydrogens (tertiary/aromatic N) is 4. The molecule has 0 unspecified atom stereocenters. The van der Waals surface area contributed by atoms with Crippen molar-refractivity contribution in [2.75, 3.05) is 31.1 Å². The van der Waals surface area contributed by atoms with Crippen LogP contribution >= 0.6 is 23.2 Å². The van der Waals surface area contributed by atoms with Crippen LogP contribution in [-0.4, -0.2) is 69.5 Å². The van der Waals surface area contributed by atoms with Gasteiger partial charge in [0.15, 0.2) is 0 Å². The van der Waals surface area contributed by atoms with Crippen molar-refractivity contribution in [2.24, 2.45) is 5.92 Å². The van der Waals surface area contributed by atoms with Crippen molar-refractivity contribution in [3.63, 3.8) is 0 Å². The van der Waals surface area contributed by atoms with Crippen LogP contribution in [0.4, 0.5) is 10.6 Å². The minimum Gasteiger partial charge on any atom is -0.481 e. The monoisotopic (exact) mass is 544 g/mol. The van der Waals surface area contributed by atoms with E-state index < -0.39 is 11.5 Å². The molecular formula is C27H30Cl2N4O4. The van der Waals surface area contributed by atoms with E-state index in [9.17, 15) is 14.4 Å². The second-order valence-corrected chi connectivity index (χ2v) is 11.1. The van der Waals surface area contributed by atoms with Crippen molar-refractivity contribution < 1.29 is 19.5 Å². The Hall–Kier alpha value is -2.84. The Morgan fingerprint density at radius 3 is 2.51 bits per heavy atom. The van der Waals surface area contributed by atoms with Crippen LogP contribution in [-0.2, 0) is 22.4 Å². The van der Waals surface area contributed by atoms with Gasteiger partial charge in [0.25, 0.3) is 5.91 Å². The van der Waals surface area contributed by atoms with Gasteiger partial charge < -0.3 is 14.9 Å². The van der Waals surface area contributed by atoms with Gasteiger partial charge in [0, 0.05) is 36.2 Å².